The molecule has 0 aliphatic carbocycles. The Balaban J connectivity index is 1.09. The summed E-state index contributed by atoms with van der Waals surface area (Å²) in [6, 6.07) is 9.53. The lowest BCUT2D eigenvalue weighted by molar-refractivity contribution is -0.122. The van der Waals surface area contributed by atoms with E-state index in [1.807, 2.05) is 13.8 Å². The number of carbonyl (C=O) groups is 6. The first-order chi connectivity index (χ1) is 40.6. The van der Waals surface area contributed by atoms with Crippen molar-refractivity contribution in [1.29, 1.82) is 0 Å². The second kappa shape index (κ2) is 28.6. The van der Waals surface area contributed by atoms with Crippen molar-refractivity contribution in [1.82, 2.24) is 61.5 Å². The summed E-state index contributed by atoms with van der Waals surface area (Å²) in [5, 5.41) is 38.0. The number of amides is 6. The van der Waals surface area contributed by atoms with E-state index in [2.05, 4.69) is 36.9 Å². The molecule has 4 atom stereocenters. The Bertz CT molecular complexity index is 3630. The van der Waals surface area contributed by atoms with E-state index in [-0.39, 0.29) is 55.1 Å². The standard InChI is InChI=1S/C54H57N13O11S6/c1-26(2)40-54-67-43(35(84-54)20-76-6)47(73)56-19-38(69)64-44(45(71)28-10-8-7-9-11-28)53-61-34(24-81-53)51-59-32(22-80-51)42-29(12-13-30(57-42)50-63-36(25-82-50)62-39(70)21-78-17-16-77-15-14-75-5)49-60-33(23-79-49)46(72)58-31(18-37(68)55-4)52-66-41(27(3)83-52)48(74)65-40/h7-13,22-26,31,40,44-45,71H,14-21H2,1-6H3,(H,55,68)(H,56,73)(H,58,72)(H,62,70)(H,64,69)(H,65,74)/t31-,40-,44-,45-/m0/s1. The molecule has 0 spiro atoms. The van der Waals surface area contributed by atoms with Crippen molar-refractivity contribution in [3.8, 4) is 43.4 Å². The molecule has 8 aromatic rings. The SMILES string of the molecule is CNC(=O)C[C@@H]1NC(=O)c2csc(n2)-c2ccc(-c3nc(NC(=O)COCCOCCOC)cs3)nc2-c2csc(n2)-c2csc(n2)[C@H]([C@@H](O)c2ccccc2)NC(=O)CNC(=O)c2nc(sc2COC)[C@H](C(C)C)NC(=O)c2nc1sc2C. The second-order valence-electron chi connectivity index (χ2n) is 18.9. The Labute approximate surface area is 505 Å². The van der Waals surface area contributed by atoms with Gasteiger partial charge in [-0.3, -0.25) is 28.8 Å². The molecule has 8 heterocycles. The van der Waals surface area contributed by atoms with Crippen LogP contribution in [0.4, 0.5) is 5.82 Å². The van der Waals surface area contributed by atoms with Gasteiger partial charge in [-0.05, 0) is 30.5 Å². The van der Waals surface area contributed by atoms with Crippen molar-refractivity contribution < 1.29 is 52.8 Å². The number of aryl methyl sites for hydroxylation is 1. The fourth-order valence-corrected chi connectivity index (χ4v) is 13.8. The number of ether oxygens (including phenoxy) is 4. The van der Waals surface area contributed by atoms with Gasteiger partial charge < -0.3 is 56.0 Å². The zero-order valence-corrected chi connectivity index (χ0v) is 50.9. The zero-order valence-electron chi connectivity index (χ0n) is 46.0. The van der Waals surface area contributed by atoms with Crippen LogP contribution in [-0.4, -0.2) is 136 Å². The van der Waals surface area contributed by atoms with Crippen molar-refractivity contribution in [2.75, 3.05) is 66.2 Å². The minimum atomic E-state index is -1.27. The number of hydrogen-bond acceptors (Lipinski definition) is 24. The van der Waals surface area contributed by atoms with Crippen LogP contribution in [-0.2, 0) is 39.9 Å². The summed E-state index contributed by atoms with van der Waals surface area (Å²) in [6.45, 7) is 6.12. The summed E-state index contributed by atoms with van der Waals surface area (Å²) in [6.07, 6.45) is -1.49. The quantitative estimate of drug-likeness (QED) is 0.0454. The van der Waals surface area contributed by atoms with Crippen LogP contribution < -0.4 is 31.9 Å². The molecule has 9 rings (SSSR count). The Morgan fingerprint density at radius 2 is 1.37 bits per heavy atom. The number of thiazole rings is 6. The first kappa shape index (κ1) is 61.3. The Hall–Kier alpha value is -7.23. The van der Waals surface area contributed by atoms with E-state index in [0.29, 0.717) is 93.5 Å². The van der Waals surface area contributed by atoms with E-state index in [4.69, 9.17) is 48.9 Å². The molecular weight excluding hydrogens is 1200 g/mol. The van der Waals surface area contributed by atoms with Crippen molar-refractivity contribution >= 4 is 109 Å². The molecule has 24 nitrogen and oxygen atoms in total. The largest absolute Gasteiger partial charge is 0.386 e. The van der Waals surface area contributed by atoms with Crippen LogP contribution in [0.5, 0.6) is 0 Å². The minimum absolute atomic E-state index is 0.00000613. The fourth-order valence-electron chi connectivity index (χ4n) is 8.35. The summed E-state index contributed by atoms with van der Waals surface area (Å²) < 4.78 is 21.3. The molecule has 7 N–H and O–H groups in total. The highest BCUT2D eigenvalue weighted by molar-refractivity contribution is 7.15. The molecule has 0 unspecified atom stereocenters. The normalized spacial score (nSPS) is 16.3. The predicted octanol–water partition coefficient (Wildman–Crippen LogP) is 6.93. The van der Waals surface area contributed by atoms with Gasteiger partial charge in [0.2, 0.25) is 11.8 Å². The highest BCUT2D eigenvalue weighted by Gasteiger charge is 2.33. The van der Waals surface area contributed by atoms with Gasteiger partial charge >= 0.3 is 0 Å². The number of aliphatic hydroxyl groups excluding tert-OH is 1. The lowest BCUT2D eigenvalue weighted by Crippen LogP contribution is -2.40. The molecule has 0 fully saturated rings. The third kappa shape index (κ3) is 15.0. The number of hydrogen-bond donors (Lipinski definition) is 7. The van der Waals surface area contributed by atoms with E-state index in [0.717, 1.165) is 11.3 Å². The van der Waals surface area contributed by atoms with Crippen LogP contribution >= 0.6 is 68.0 Å². The van der Waals surface area contributed by atoms with Gasteiger partial charge in [-0.2, -0.15) is 0 Å². The summed E-state index contributed by atoms with van der Waals surface area (Å²) in [5.41, 5.74) is 2.76. The summed E-state index contributed by atoms with van der Waals surface area (Å²) >= 11 is 7.21. The highest BCUT2D eigenvalue weighted by Crippen LogP contribution is 2.40. The number of benzene rings is 1. The van der Waals surface area contributed by atoms with Crippen LogP contribution in [0.15, 0.2) is 64.0 Å². The molecule has 0 saturated heterocycles. The molecule has 6 amide bonds. The maximum absolute atomic E-state index is 14.3. The number of nitrogens with one attached hydrogen (secondary N) is 6. The summed E-state index contributed by atoms with van der Waals surface area (Å²) in [5.74, 6) is -3.24. The smallest absolute Gasteiger partial charge is 0.271 e. The van der Waals surface area contributed by atoms with Crippen molar-refractivity contribution in [2.45, 2.75) is 58.0 Å². The number of fused-ring (bicyclic) bond motifs is 14. The number of anilines is 1. The predicted molar refractivity (Wildman–Crippen MR) is 319 cm³/mol. The third-order valence-corrected chi connectivity index (χ3v) is 18.3. The van der Waals surface area contributed by atoms with Gasteiger partial charge in [0.05, 0.1) is 68.7 Å². The van der Waals surface area contributed by atoms with Crippen LogP contribution in [0.3, 0.4) is 0 Å². The van der Waals surface area contributed by atoms with E-state index in [1.54, 1.807) is 78.0 Å². The number of rotatable bonds is 17. The van der Waals surface area contributed by atoms with Crippen LogP contribution in [0.1, 0.15) is 106 Å². The number of aromatic nitrogens is 7. The van der Waals surface area contributed by atoms with Crippen LogP contribution in [0.2, 0.25) is 0 Å². The molecule has 1 aliphatic rings. The average Bonchev–Trinajstić information content (AvgIpc) is 3.63. The Kier molecular flexibility index (Phi) is 20.9. The first-order valence-electron chi connectivity index (χ1n) is 26.0. The molecular formula is C54H57N13O11S6. The van der Waals surface area contributed by atoms with Gasteiger partial charge in [-0.25, -0.2) is 34.9 Å². The van der Waals surface area contributed by atoms with Gasteiger partial charge in [0.25, 0.3) is 23.6 Å². The number of carbonyl (C=O) groups excluding carboxylic acids is 6. The van der Waals surface area contributed by atoms with E-state index >= 15 is 0 Å². The molecule has 30 heteroatoms. The van der Waals surface area contributed by atoms with Crippen LogP contribution in [0, 0.1) is 12.8 Å². The number of nitrogens with zero attached hydrogens (tertiary/aromatic N) is 7. The first-order valence-corrected chi connectivity index (χ1v) is 31.1. The van der Waals surface area contributed by atoms with E-state index < -0.39 is 66.2 Å². The summed E-state index contributed by atoms with van der Waals surface area (Å²) in [7, 11) is 4.52. The van der Waals surface area contributed by atoms with Crippen molar-refractivity contribution in [2.24, 2.45) is 5.92 Å². The molecule has 0 saturated carbocycles. The van der Waals surface area contributed by atoms with E-state index in [9.17, 15) is 33.9 Å². The van der Waals surface area contributed by atoms with Gasteiger partial charge in [0, 0.05) is 53.2 Å². The van der Waals surface area contributed by atoms with Gasteiger partial charge in [0.1, 0.15) is 88.8 Å². The Morgan fingerprint density at radius 1 is 0.655 bits per heavy atom. The molecule has 10 bridgehead atoms. The third-order valence-electron chi connectivity index (χ3n) is 12.6. The number of methoxy groups -OCH3 is 2. The lowest BCUT2D eigenvalue weighted by atomic mass is 10.0. The molecule has 7 aromatic heterocycles. The summed E-state index contributed by atoms with van der Waals surface area (Å²) in [4.78, 5) is 117. The molecule has 440 valence electrons. The van der Waals surface area contributed by atoms with Crippen molar-refractivity contribution in [3.05, 3.63) is 111 Å². The van der Waals surface area contributed by atoms with Gasteiger partial charge in [-0.15, -0.1) is 68.0 Å². The van der Waals surface area contributed by atoms with E-state index in [1.165, 1.54) is 70.8 Å². The minimum Gasteiger partial charge on any atom is -0.386 e. The van der Waals surface area contributed by atoms with Crippen LogP contribution in [0.25, 0.3) is 43.4 Å². The van der Waals surface area contributed by atoms with Gasteiger partial charge in [0.15, 0.2) is 0 Å². The van der Waals surface area contributed by atoms with Crippen molar-refractivity contribution in [3.63, 3.8) is 0 Å². The molecule has 1 aliphatic heterocycles. The molecule has 1 aromatic carbocycles. The number of aliphatic hydroxyl groups is 1. The zero-order chi connectivity index (χ0) is 59.4. The second-order valence-corrected chi connectivity index (χ2v) is 24.7. The Morgan fingerprint density at radius 3 is 2.14 bits per heavy atom. The number of pyridine rings is 1. The highest BCUT2D eigenvalue weighted by atomic mass is 32.1. The maximum atomic E-state index is 14.3. The monoisotopic (exact) mass is 1260 g/mol. The average molecular weight is 1260 g/mol. The molecule has 84 heavy (non-hydrogen) atoms. The maximum Gasteiger partial charge on any atom is 0.271 e. The lowest BCUT2D eigenvalue weighted by Gasteiger charge is -2.23. The molecule has 0 radical (unpaired) electrons. The van der Waals surface area contributed by atoms with Gasteiger partial charge in [-0.1, -0.05) is 44.2 Å². The fraction of sp³-hybridized carbons (Fsp3) is 0.352. The topological polar surface area (TPSA) is 322 Å².